The van der Waals surface area contributed by atoms with E-state index in [-0.39, 0.29) is 12.3 Å². The fraction of sp³-hybridized carbons (Fsp3) is 0.750. The first-order valence-corrected chi connectivity index (χ1v) is 3.90. The lowest BCUT2D eigenvalue weighted by Crippen LogP contribution is -2.36. The van der Waals surface area contributed by atoms with Crippen LogP contribution in [0.4, 0.5) is 0 Å². The fourth-order valence-corrected chi connectivity index (χ4v) is 0.564. The van der Waals surface area contributed by atoms with Crippen molar-refractivity contribution in [3.8, 4) is 0 Å². The second-order valence-corrected chi connectivity index (χ2v) is 3.72. The van der Waals surface area contributed by atoms with Crippen LogP contribution in [0.25, 0.3) is 0 Å². The minimum Gasteiger partial charge on any atom is -0.370 e. The summed E-state index contributed by atoms with van der Waals surface area (Å²) in [5.41, 5.74) is 4.49. The van der Waals surface area contributed by atoms with Gasteiger partial charge in [-0.3, -0.25) is 9.59 Å². The summed E-state index contributed by atoms with van der Waals surface area (Å²) in [7, 11) is 0. The summed E-state index contributed by atoms with van der Waals surface area (Å²) in [6, 6.07) is 0. The molecule has 0 aromatic rings. The maximum absolute atomic E-state index is 11.2. The number of nitrogens with one attached hydrogen (secondary N) is 1. The average Bonchev–Trinajstić information content (AvgIpc) is 1.84. The summed E-state index contributed by atoms with van der Waals surface area (Å²) in [6.45, 7) is 5.76. The first-order chi connectivity index (χ1) is 5.34. The van der Waals surface area contributed by atoms with Crippen molar-refractivity contribution in [3.63, 3.8) is 0 Å². The highest BCUT2D eigenvalue weighted by Gasteiger charge is 2.20. The molecule has 0 saturated heterocycles. The van der Waals surface area contributed by atoms with Crippen molar-refractivity contribution in [1.29, 1.82) is 0 Å². The van der Waals surface area contributed by atoms with Crippen molar-refractivity contribution in [1.82, 2.24) is 5.32 Å². The number of nitrogens with two attached hydrogens (primary N) is 1. The van der Waals surface area contributed by atoms with Crippen molar-refractivity contribution in [2.45, 2.75) is 27.2 Å². The van der Waals surface area contributed by atoms with Crippen LogP contribution >= 0.6 is 0 Å². The molecule has 0 unspecified atom stereocenters. The Kier molecular flexibility index (Phi) is 3.73. The minimum atomic E-state index is -0.405. The van der Waals surface area contributed by atoms with Crippen LogP contribution in [0.2, 0.25) is 0 Å². The van der Waals surface area contributed by atoms with E-state index in [4.69, 9.17) is 5.73 Å². The van der Waals surface area contributed by atoms with Gasteiger partial charge in [0.15, 0.2) is 0 Å². The van der Waals surface area contributed by atoms with E-state index >= 15 is 0 Å². The molecule has 0 radical (unpaired) electrons. The van der Waals surface area contributed by atoms with Crippen molar-refractivity contribution in [2.24, 2.45) is 11.1 Å². The van der Waals surface area contributed by atoms with Crippen LogP contribution in [0.5, 0.6) is 0 Å². The van der Waals surface area contributed by atoms with Gasteiger partial charge in [0.25, 0.3) is 0 Å². The third-order valence-electron chi connectivity index (χ3n) is 1.34. The van der Waals surface area contributed by atoms with Crippen LogP contribution in [-0.2, 0) is 9.59 Å². The Labute approximate surface area is 72.5 Å². The molecule has 0 rings (SSSR count). The molecule has 0 fully saturated rings. The van der Waals surface area contributed by atoms with E-state index < -0.39 is 11.3 Å². The molecular weight excluding hydrogens is 156 g/mol. The molecule has 3 N–H and O–H groups in total. The van der Waals surface area contributed by atoms with Crippen LogP contribution in [0.15, 0.2) is 0 Å². The summed E-state index contributed by atoms with van der Waals surface area (Å²) in [5, 5.41) is 2.61. The number of carbonyl (C=O) groups excluding carboxylic acids is 2. The summed E-state index contributed by atoms with van der Waals surface area (Å²) in [6.07, 6.45) is 0.196. The number of amides is 2. The van der Waals surface area contributed by atoms with E-state index in [2.05, 4.69) is 5.32 Å². The lowest BCUT2D eigenvalue weighted by Gasteiger charge is -2.16. The molecule has 4 nitrogen and oxygen atoms in total. The third-order valence-corrected chi connectivity index (χ3v) is 1.34. The van der Waals surface area contributed by atoms with Gasteiger partial charge in [0.05, 0.1) is 0 Å². The van der Waals surface area contributed by atoms with Crippen LogP contribution in [0, 0.1) is 5.41 Å². The molecule has 2 amide bonds. The van der Waals surface area contributed by atoms with Gasteiger partial charge in [-0.15, -0.1) is 0 Å². The van der Waals surface area contributed by atoms with Gasteiger partial charge in [-0.05, 0) is 0 Å². The second kappa shape index (κ2) is 4.09. The maximum Gasteiger partial charge on any atom is 0.225 e. The highest BCUT2D eigenvalue weighted by atomic mass is 16.2. The Morgan fingerprint density at radius 2 is 1.83 bits per heavy atom. The zero-order valence-corrected chi connectivity index (χ0v) is 7.81. The summed E-state index contributed by atoms with van der Waals surface area (Å²) in [4.78, 5) is 21.5. The van der Waals surface area contributed by atoms with Gasteiger partial charge in [0.2, 0.25) is 11.8 Å². The predicted molar refractivity (Wildman–Crippen MR) is 46.3 cm³/mol. The molecule has 0 aliphatic heterocycles. The van der Waals surface area contributed by atoms with Crippen LogP contribution in [0.1, 0.15) is 27.2 Å². The highest BCUT2D eigenvalue weighted by Crippen LogP contribution is 2.11. The van der Waals surface area contributed by atoms with Crippen LogP contribution in [0.3, 0.4) is 0 Å². The Morgan fingerprint density at radius 1 is 1.33 bits per heavy atom. The first-order valence-electron chi connectivity index (χ1n) is 3.90. The number of carbonyl (C=O) groups is 2. The largest absolute Gasteiger partial charge is 0.370 e. The molecule has 70 valence electrons. The van der Waals surface area contributed by atoms with Gasteiger partial charge in [0, 0.05) is 18.4 Å². The number of hydrogen-bond donors (Lipinski definition) is 2. The Hall–Kier alpha value is -1.06. The number of rotatable bonds is 3. The second-order valence-electron chi connectivity index (χ2n) is 3.72. The Balaban J connectivity index is 3.66. The zero-order valence-electron chi connectivity index (χ0n) is 7.81. The Morgan fingerprint density at radius 3 is 2.17 bits per heavy atom. The SMILES string of the molecule is CC(C)(C)C(=O)NCCC(N)=O. The van der Waals surface area contributed by atoms with Gasteiger partial charge in [-0.2, -0.15) is 0 Å². The molecular formula is C8H16N2O2. The predicted octanol–water partition coefficient (Wildman–Crippen LogP) is 0.0241. The van der Waals surface area contributed by atoms with Gasteiger partial charge in [-0.1, -0.05) is 20.8 Å². The highest BCUT2D eigenvalue weighted by molar-refractivity contribution is 5.82. The molecule has 0 spiro atoms. The van der Waals surface area contributed by atoms with Crippen molar-refractivity contribution < 1.29 is 9.59 Å². The van der Waals surface area contributed by atoms with E-state index in [1.807, 2.05) is 20.8 Å². The Bertz CT molecular complexity index is 182. The smallest absolute Gasteiger partial charge is 0.225 e. The summed E-state index contributed by atoms with van der Waals surface area (Å²) >= 11 is 0. The molecule has 0 atom stereocenters. The van der Waals surface area contributed by atoms with Gasteiger partial charge in [-0.25, -0.2) is 0 Å². The third kappa shape index (κ3) is 4.71. The van der Waals surface area contributed by atoms with E-state index in [0.717, 1.165) is 0 Å². The number of hydrogen-bond acceptors (Lipinski definition) is 2. The summed E-state index contributed by atoms with van der Waals surface area (Å²) < 4.78 is 0. The van der Waals surface area contributed by atoms with Crippen LogP contribution < -0.4 is 11.1 Å². The quantitative estimate of drug-likeness (QED) is 0.630. The van der Waals surface area contributed by atoms with Gasteiger partial charge in [0.1, 0.15) is 0 Å². The molecule has 4 heteroatoms. The topological polar surface area (TPSA) is 72.2 Å². The zero-order chi connectivity index (χ0) is 9.78. The molecule has 0 aliphatic carbocycles. The molecule has 0 aromatic carbocycles. The molecule has 0 saturated carbocycles. The average molecular weight is 172 g/mol. The van der Waals surface area contributed by atoms with E-state index in [1.165, 1.54) is 0 Å². The minimum absolute atomic E-state index is 0.0660. The standard InChI is InChI=1S/C8H16N2O2/c1-8(2,3)7(12)10-5-4-6(9)11/h4-5H2,1-3H3,(H2,9,11)(H,10,12). The van der Waals surface area contributed by atoms with Crippen molar-refractivity contribution in [3.05, 3.63) is 0 Å². The van der Waals surface area contributed by atoms with E-state index in [1.54, 1.807) is 0 Å². The maximum atomic E-state index is 11.2. The molecule has 0 bridgehead atoms. The molecule has 0 heterocycles. The van der Waals surface area contributed by atoms with Crippen LogP contribution in [-0.4, -0.2) is 18.4 Å². The van der Waals surface area contributed by atoms with Gasteiger partial charge >= 0.3 is 0 Å². The lowest BCUT2D eigenvalue weighted by molar-refractivity contribution is -0.128. The number of primary amides is 1. The van der Waals surface area contributed by atoms with Crippen molar-refractivity contribution in [2.75, 3.05) is 6.54 Å². The normalized spacial score (nSPS) is 10.9. The molecule has 0 aromatic heterocycles. The first kappa shape index (κ1) is 10.9. The lowest BCUT2D eigenvalue weighted by atomic mass is 9.96. The summed E-state index contributed by atoms with van der Waals surface area (Å²) in [5.74, 6) is -0.465. The van der Waals surface area contributed by atoms with Crippen molar-refractivity contribution >= 4 is 11.8 Å². The molecule has 12 heavy (non-hydrogen) atoms. The van der Waals surface area contributed by atoms with Gasteiger partial charge < -0.3 is 11.1 Å². The monoisotopic (exact) mass is 172 g/mol. The van der Waals surface area contributed by atoms with E-state index in [0.29, 0.717) is 6.54 Å². The fourth-order valence-electron chi connectivity index (χ4n) is 0.564. The van der Waals surface area contributed by atoms with E-state index in [9.17, 15) is 9.59 Å². The molecule has 0 aliphatic rings.